The van der Waals surface area contributed by atoms with Crippen LogP contribution >= 0.6 is 0 Å². The smallest absolute Gasteiger partial charge is 0.249 e. The Morgan fingerprint density at radius 2 is 1.60 bits per heavy atom. The number of benzene rings is 3. The number of para-hydroxylation sites is 2. The molecular weight excluding hydrogens is 438 g/mol. The Morgan fingerprint density at radius 3 is 2.26 bits per heavy atom. The van der Waals surface area contributed by atoms with Crippen LogP contribution in [0.15, 0.2) is 78.9 Å². The number of aryl methyl sites for hydroxylation is 1. The second-order valence-corrected chi connectivity index (χ2v) is 9.57. The Kier molecular flexibility index (Phi) is 6.96. The summed E-state index contributed by atoms with van der Waals surface area (Å²) < 4.78 is 1.58. The maximum atomic E-state index is 13.9. The standard InChI is InChI=1S/C28H31N5O2/c1-5-20-15-17-21(18-16-20)26(27(35)29-28(2,3)4)33(22-11-7-6-8-12-22)25(34)19-32-24-14-10-9-13-23(24)30-31-32/h6-18,26H,5,19H2,1-4H3,(H,29,35)/t26-/m0/s1. The van der Waals surface area contributed by atoms with Gasteiger partial charge in [-0.25, -0.2) is 4.68 Å². The molecule has 7 nitrogen and oxygen atoms in total. The van der Waals surface area contributed by atoms with Crippen LogP contribution in [0.3, 0.4) is 0 Å². The van der Waals surface area contributed by atoms with E-state index in [0.29, 0.717) is 11.2 Å². The summed E-state index contributed by atoms with van der Waals surface area (Å²) in [6.45, 7) is 7.82. The van der Waals surface area contributed by atoms with E-state index >= 15 is 0 Å². The molecule has 0 radical (unpaired) electrons. The number of nitrogens with zero attached hydrogens (tertiary/aromatic N) is 4. The van der Waals surface area contributed by atoms with Gasteiger partial charge >= 0.3 is 0 Å². The molecule has 4 aromatic rings. The van der Waals surface area contributed by atoms with E-state index in [1.54, 1.807) is 9.58 Å². The first-order valence-corrected chi connectivity index (χ1v) is 11.8. The zero-order valence-corrected chi connectivity index (χ0v) is 20.6. The van der Waals surface area contributed by atoms with Gasteiger partial charge in [-0.05, 0) is 62.6 Å². The monoisotopic (exact) mass is 469 g/mol. The highest BCUT2D eigenvalue weighted by molar-refractivity contribution is 6.01. The van der Waals surface area contributed by atoms with E-state index in [4.69, 9.17) is 0 Å². The van der Waals surface area contributed by atoms with Crippen molar-refractivity contribution in [3.8, 4) is 0 Å². The van der Waals surface area contributed by atoms with Crippen molar-refractivity contribution in [1.29, 1.82) is 0 Å². The number of fused-ring (bicyclic) bond motifs is 1. The molecule has 0 aliphatic heterocycles. The topological polar surface area (TPSA) is 80.1 Å². The van der Waals surface area contributed by atoms with E-state index in [1.165, 1.54) is 0 Å². The molecule has 0 saturated carbocycles. The maximum absolute atomic E-state index is 13.9. The van der Waals surface area contributed by atoms with Crippen LogP contribution in [0.4, 0.5) is 5.69 Å². The van der Waals surface area contributed by atoms with E-state index in [0.717, 1.165) is 23.1 Å². The first-order chi connectivity index (χ1) is 16.8. The highest BCUT2D eigenvalue weighted by atomic mass is 16.2. The van der Waals surface area contributed by atoms with Gasteiger partial charge in [0.2, 0.25) is 11.8 Å². The number of carbonyl (C=O) groups is 2. The third-order valence-corrected chi connectivity index (χ3v) is 5.72. The predicted molar refractivity (Wildman–Crippen MR) is 138 cm³/mol. The summed E-state index contributed by atoms with van der Waals surface area (Å²) in [5, 5.41) is 11.4. The van der Waals surface area contributed by atoms with Crippen molar-refractivity contribution < 1.29 is 9.59 Å². The average molecular weight is 470 g/mol. The molecule has 1 aromatic heterocycles. The molecule has 3 aromatic carbocycles. The summed E-state index contributed by atoms with van der Waals surface area (Å²) in [7, 11) is 0. The van der Waals surface area contributed by atoms with Gasteiger partial charge in [0.1, 0.15) is 18.1 Å². The fourth-order valence-electron chi connectivity index (χ4n) is 4.06. The van der Waals surface area contributed by atoms with Crippen molar-refractivity contribution in [1.82, 2.24) is 20.3 Å². The number of rotatable bonds is 7. The van der Waals surface area contributed by atoms with Crippen molar-refractivity contribution in [3.63, 3.8) is 0 Å². The molecule has 180 valence electrons. The van der Waals surface area contributed by atoms with Gasteiger partial charge in [0.25, 0.3) is 0 Å². The second-order valence-electron chi connectivity index (χ2n) is 9.57. The number of amides is 2. The third kappa shape index (κ3) is 5.57. The van der Waals surface area contributed by atoms with Gasteiger partial charge in [-0.15, -0.1) is 5.10 Å². The number of hydrogen-bond acceptors (Lipinski definition) is 4. The molecule has 1 heterocycles. The summed E-state index contributed by atoms with van der Waals surface area (Å²) in [5.74, 6) is -0.511. The molecule has 0 unspecified atom stereocenters. The van der Waals surface area contributed by atoms with Gasteiger partial charge in [0.15, 0.2) is 0 Å². The fourth-order valence-corrected chi connectivity index (χ4v) is 4.06. The summed E-state index contributed by atoms with van der Waals surface area (Å²) in [6, 6.07) is 23.8. The molecule has 2 amide bonds. The highest BCUT2D eigenvalue weighted by Gasteiger charge is 2.34. The largest absolute Gasteiger partial charge is 0.349 e. The Bertz CT molecular complexity index is 1310. The first-order valence-electron chi connectivity index (χ1n) is 11.8. The molecule has 1 atom stereocenters. The van der Waals surface area contributed by atoms with E-state index in [2.05, 4.69) is 22.6 Å². The Balaban J connectivity index is 1.79. The van der Waals surface area contributed by atoms with Crippen LogP contribution in [0, 0.1) is 0 Å². The molecule has 35 heavy (non-hydrogen) atoms. The van der Waals surface area contributed by atoms with Gasteiger partial charge in [-0.1, -0.05) is 66.7 Å². The van der Waals surface area contributed by atoms with Gasteiger partial charge in [-0.3, -0.25) is 14.5 Å². The molecular formula is C28H31N5O2. The van der Waals surface area contributed by atoms with Gasteiger partial charge in [0.05, 0.1) is 5.52 Å². The zero-order chi connectivity index (χ0) is 25.0. The molecule has 0 fully saturated rings. The van der Waals surface area contributed by atoms with Crippen LogP contribution in [0.2, 0.25) is 0 Å². The normalized spacial score (nSPS) is 12.3. The fraction of sp³-hybridized carbons (Fsp3) is 0.286. The summed E-state index contributed by atoms with van der Waals surface area (Å²) >= 11 is 0. The van der Waals surface area contributed by atoms with Crippen LogP contribution < -0.4 is 10.2 Å². The van der Waals surface area contributed by atoms with Crippen LogP contribution in [0.25, 0.3) is 11.0 Å². The minimum absolute atomic E-state index is 0.0538. The number of nitrogens with one attached hydrogen (secondary N) is 1. The number of carbonyl (C=O) groups excluding carboxylic acids is 2. The van der Waals surface area contributed by atoms with Gasteiger partial charge in [-0.2, -0.15) is 0 Å². The predicted octanol–water partition coefficient (Wildman–Crippen LogP) is 4.68. The van der Waals surface area contributed by atoms with E-state index in [9.17, 15) is 9.59 Å². The molecule has 0 aliphatic rings. The zero-order valence-electron chi connectivity index (χ0n) is 20.6. The third-order valence-electron chi connectivity index (χ3n) is 5.72. The number of anilines is 1. The average Bonchev–Trinajstić information content (AvgIpc) is 3.24. The van der Waals surface area contributed by atoms with E-state index in [1.807, 2.05) is 99.6 Å². The lowest BCUT2D eigenvalue weighted by Crippen LogP contribution is -2.50. The SMILES string of the molecule is CCc1ccc([C@@H](C(=O)NC(C)(C)C)N(C(=O)Cn2nnc3ccccc32)c2ccccc2)cc1. The minimum Gasteiger partial charge on any atom is -0.349 e. The summed E-state index contributed by atoms with van der Waals surface area (Å²) in [5.41, 5.74) is 3.54. The van der Waals surface area contributed by atoms with Crippen molar-refractivity contribution in [3.05, 3.63) is 90.0 Å². The molecule has 1 N–H and O–H groups in total. The van der Waals surface area contributed by atoms with Gasteiger partial charge < -0.3 is 5.32 Å². The van der Waals surface area contributed by atoms with E-state index in [-0.39, 0.29) is 18.4 Å². The Hall–Kier alpha value is -4.00. The Morgan fingerprint density at radius 1 is 0.943 bits per heavy atom. The summed E-state index contributed by atoms with van der Waals surface area (Å²) in [4.78, 5) is 29.2. The molecule has 0 spiro atoms. The van der Waals surface area contributed by atoms with Gasteiger partial charge in [0, 0.05) is 11.2 Å². The van der Waals surface area contributed by atoms with Crippen LogP contribution in [-0.4, -0.2) is 32.3 Å². The van der Waals surface area contributed by atoms with E-state index < -0.39 is 11.6 Å². The van der Waals surface area contributed by atoms with Crippen molar-refractivity contribution in [2.24, 2.45) is 0 Å². The van der Waals surface area contributed by atoms with Crippen LogP contribution in [-0.2, 0) is 22.6 Å². The van der Waals surface area contributed by atoms with Crippen LogP contribution in [0.1, 0.15) is 44.9 Å². The van der Waals surface area contributed by atoms with Crippen molar-refractivity contribution in [2.45, 2.75) is 52.2 Å². The first kappa shape index (κ1) is 24.1. The lowest BCUT2D eigenvalue weighted by Gasteiger charge is -2.34. The van der Waals surface area contributed by atoms with Crippen molar-refractivity contribution >= 4 is 28.5 Å². The Labute approximate surface area is 205 Å². The minimum atomic E-state index is -0.857. The summed E-state index contributed by atoms with van der Waals surface area (Å²) in [6.07, 6.45) is 0.889. The number of aromatic nitrogens is 3. The molecule has 0 saturated heterocycles. The maximum Gasteiger partial charge on any atom is 0.249 e. The second kappa shape index (κ2) is 10.1. The molecule has 4 rings (SSSR count). The lowest BCUT2D eigenvalue weighted by molar-refractivity contribution is -0.128. The highest BCUT2D eigenvalue weighted by Crippen LogP contribution is 2.29. The molecule has 0 aliphatic carbocycles. The lowest BCUT2D eigenvalue weighted by atomic mass is 9.99. The molecule has 0 bridgehead atoms. The number of hydrogen-bond donors (Lipinski definition) is 1. The quantitative estimate of drug-likeness (QED) is 0.426. The molecule has 7 heteroatoms. The van der Waals surface area contributed by atoms with Crippen molar-refractivity contribution in [2.75, 3.05) is 4.90 Å². The van der Waals surface area contributed by atoms with Crippen LogP contribution in [0.5, 0.6) is 0 Å².